The van der Waals surface area contributed by atoms with Gasteiger partial charge >= 0.3 is 0 Å². The molecular formula is C18H12BrN5O. The molecule has 4 rings (SSSR count). The number of hydrogen-bond acceptors (Lipinski definition) is 4. The van der Waals surface area contributed by atoms with Gasteiger partial charge in [-0.3, -0.25) is 14.2 Å². The van der Waals surface area contributed by atoms with Crippen molar-refractivity contribution >= 4 is 33.3 Å². The van der Waals surface area contributed by atoms with E-state index in [9.17, 15) is 4.79 Å². The minimum absolute atomic E-state index is 0.210. The van der Waals surface area contributed by atoms with Gasteiger partial charge in [-0.15, -0.1) is 0 Å². The molecule has 0 spiro atoms. The molecule has 7 heteroatoms. The molecule has 0 fully saturated rings. The van der Waals surface area contributed by atoms with Crippen molar-refractivity contribution < 1.29 is 4.79 Å². The predicted molar refractivity (Wildman–Crippen MR) is 98.3 cm³/mol. The van der Waals surface area contributed by atoms with E-state index in [1.807, 2.05) is 47.1 Å². The summed E-state index contributed by atoms with van der Waals surface area (Å²) < 4.78 is 2.63. The van der Waals surface area contributed by atoms with Crippen molar-refractivity contribution in [1.82, 2.24) is 19.4 Å². The molecule has 3 heterocycles. The Bertz CT molecular complexity index is 1030. The molecule has 6 nitrogen and oxygen atoms in total. The van der Waals surface area contributed by atoms with Gasteiger partial charge in [0, 0.05) is 46.7 Å². The average Bonchev–Trinajstić information content (AvgIpc) is 3.06. The number of hydrogen-bond donors (Lipinski definition) is 1. The number of carbonyl (C=O) groups is 1. The fourth-order valence-corrected chi connectivity index (χ4v) is 2.80. The Morgan fingerprint density at radius 2 is 2.00 bits per heavy atom. The highest BCUT2D eigenvalue weighted by molar-refractivity contribution is 9.10. The number of nitrogens with zero attached hydrogens (tertiary/aromatic N) is 4. The summed E-state index contributed by atoms with van der Waals surface area (Å²) >= 11 is 3.31. The number of fused-ring (bicyclic) bond motifs is 1. The van der Waals surface area contributed by atoms with Crippen LogP contribution in [0.2, 0.25) is 0 Å². The Morgan fingerprint density at radius 1 is 1.16 bits per heavy atom. The maximum Gasteiger partial charge on any atom is 0.257 e. The molecule has 0 saturated heterocycles. The summed E-state index contributed by atoms with van der Waals surface area (Å²) in [5.74, 6) is 0.440. The van der Waals surface area contributed by atoms with Gasteiger partial charge in [0.05, 0.1) is 11.3 Å². The zero-order valence-corrected chi connectivity index (χ0v) is 14.5. The highest BCUT2D eigenvalue weighted by atomic mass is 79.9. The van der Waals surface area contributed by atoms with E-state index in [2.05, 4.69) is 36.2 Å². The SMILES string of the molecule is O=C(Nc1ccc(-c2cn3cccnc3n2)cc1)c1cncc(Br)c1. The molecule has 0 unspecified atom stereocenters. The molecule has 0 bridgehead atoms. The number of benzene rings is 1. The standard InChI is InChI=1S/C18H12BrN5O/c19-14-8-13(9-20-10-14)17(25)22-15-4-2-12(3-5-15)16-11-24-7-1-6-21-18(24)23-16/h1-11H,(H,22,25). The highest BCUT2D eigenvalue weighted by Crippen LogP contribution is 2.21. The van der Waals surface area contributed by atoms with E-state index in [1.165, 1.54) is 6.20 Å². The van der Waals surface area contributed by atoms with Crippen LogP contribution in [0.4, 0.5) is 5.69 Å². The van der Waals surface area contributed by atoms with Gasteiger partial charge in [0.15, 0.2) is 0 Å². The monoisotopic (exact) mass is 393 g/mol. The van der Waals surface area contributed by atoms with Crippen LogP contribution in [0.25, 0.3) is 17.0 Å². The van der Waals surface area contributed by atoms with E-state index in [0.29, 0.717) is 17.0 Å². The van der Waals surface area contributed by atoms with Gasteiger partial charge in [-0.25, -0.2) is 9.97 Å². The Hall–Kier alpha value is -3.06. The normalized spacial score (nSPS) is 10.8. The lowest BCUT2D eigenvalue weighted by molar-refractivity contribution is 0.102. The summed E-state index contributed by atoms with van der Waals surface area (Å²) in [6.07, 6.45) is 8.69. The number of imidazole rings is 1. The summed E-state index contributed by atoms with van der Waals surface area (Å²) in [5, 5.41) is 2.85. The molecule has 0 aliphatic heterocycles. The van der Waals surface area contributed by atoms with E-state index in [1.54, 1.807) is 18.5 Å². The van der Waals surface area contributed by atoms with E-state index in [4.69, 9.17) is 0 Å². The van der Waals surface area contributed by atoms with E-state index in [-0.39, 0.29) is 5.91 Å². The smallest absolute Gasteiger partial charge is 0.257 e. The Balaban J connectivity index is 1.54. The average molecular weight is 394 g/mol. The lowest BCUT2D eigenvalue weighted by atomic mass is 10.1. The number of anilines is 1. The number of nitrogens with one attached hydrogen (secondary N) is 1. The van der Waals surface area contributed by atoms with Crippen molar-refractivity contribution in [2.24, 2.45) is 0 Å². The molecule has 4 aromatic rings. The summed E-state index contributed by atoms with van der Waals surface area (Å²) in [5.41, 5.74) is 2.97. The van der Waals surface area contributed by atoms with Crippen LogP contribution >= 0.6 is 15.9 Å². The first-order valence-electron chi connectivity index (χ1n) is 7.51. The van der Waals surface area contributed by atoms with Gasteiger partial charge in [0.1, 0.15) is 0 Å². The second-order valence-corrected chi connectivity index (χ2v) is 6.29. The van der Waals surface area contributed by atoms with Gasteiger partial charge < -0.3 is 5.32 Å². The number of halogens is 1. The van der Waals surface area contributed by atoms with Crippen LogP contribution in [0, 0.1) is 0 Å². The summed E-state index contributed by atoms with van der Waals surface area (Å²) in [6.45, 7) is 0. The maximum absolute atomic E-state index is 12.2. The number of rotatable bonds is 3. The van der Waals surface area contributed by atoms with Crippen molar-refractivity contribution in [2.75, 3.05) is 5.32 Å². The topological polar surface area (TPSA) is 72.2 Å². The molecule has 1 aromatic carbocycles. The van der Waals surface area contributed by atoms with Crippen LogP contribution < -0.4 is 5.32 Å². The minimum Gasteiger partial charge on any atom is -0.322 e. The third-order valence-electron chi connectivity index (χ3n) is 3.64. The largest absolute Gasteiger partial charge is 0.322 e. The molecule has 1 N–H and O–H groups in total. The first-order valence-corrected chi connectivity index (χ1v) is 8.30. The Morgan fingerprint density at radius 3 is 2.76 bits per heavy atom. The first kappa shape index (κ1) is 15.5. The van der Waals surface area contributed by atoms with E-state index >= 15 is 0 Å². The first-order chi connectivity index (χ1) is 12.2. The number of pyridine rings is 1. The molecule has 25 heavy (non-hydrogen) atoms. The quantitative estimate of drug-likeness (QED) is 0.574. The van der Waals surface area contributed by atoms with E-state index in [0.717, 1.165) is 15.7 Å². The molecule has 3 aromatic heterocycles. The van der Waals surface area contributed by atoms with Gasteiger partial charge in [0.25, 0.3) is 5.91 Å². The van der Waals surface area contributed by atoms with Crippen LogP contribution in [0.15, 0.2) is 71.9 Å². The number of aromatic nitrogens is 4. The highest BCUT2D eigenvalue weighted by Gasteiger charge is 2.08. The van der Waals surface area contributed by atoms with Crippen LogP contribution in [-0.4, -0.2) is 25.3 Å². The molecule has 0 aliphatic carbocycles. The summed E-state index contributed by atoms with van der Waals surface area (Å²) in [6, 6.07) is 11.1. The molecule has 0 radical (unpaired) electrons. The van der Waals surface area contributed by atoms with Crippen LogP contribution in [0.1, 0.15) is 10.4 Å². The lowest BCUT2D eigenvalue weighted by Crippen LogP contribution is -2.12. The Labute approximate surface area is 151 Å². The zero-order valence-electron chi connectivity index (χ0n) is 12.9. The molecule has 0 aliphatic rings. The fourth-order valence-electron chi connectivity index (χ4n) is 2.43. The molecule has 122 valence electrons. The van der Waals surface area contributed by atoms with Crippen LogP contribution in [0.5, 0.6) is 0 Å². The second-order valence-electron chi connectivity index (χ2n) is 5.38. The number of carbonyl (C=O) groups excluding carboxylic acids is 1. The minimum atomic E-state index is -0.210. The third kappa shape index (κ3) is 3.27. The van der Waals surface area contributed by atoms with Crippen molar-refractivity contribution in [3.63, 3.8) is 0 Å². The summed E-state index contributed by atoms with van der Waals surface area (Å²) in [4.78, 5) is 24.9. The molecule has 0 atom stereocenters. The van der Waals surface area contributed by atoms with Gasteiger partial charge in [-0.2, -0.15) is 0 Å². The second kappa shape index (κ2) is 6.45. The van der Waals surface area contributed by atoms with Gasteiger partial charge in [0.2, 0.25) is 5.78 Å². The molecule has 0 saturated carbocycles. The Kier molecular flexibility index (Phi) is 3.99. The van der Waals surface area contributed by atoms with Gasteiger partial charge in [-0.1, -0.05) is 12.1 Å². The van der Waals surface area contributed by atoms with Gasteiger partial charge in [-0.05, 0) is 40.2 Å². The van der Waals surface area contributed by atoms with Crippen molar-refractivity contribution in [3.05, 3.63) is 77.4 Å². The molecular weight excluding hydrogens is 382 g/mol. The van der Waals surface area contributed by atoms with Crippen molar-refractivity contribution in [1.29, 1.82) is 0 Å². The summed E-state index contributed by atoms with van der Waals surface area (Å²) in [7, 11) is 0. The number of amides is 1. The zero-order chi connectivity index (χ0) is 17.2. The van der Waals surface area contributed by atoms with Crippen molar-refractivity contribution in [3.8, 4) is 11.3 Å². The van der Waals surface area contributed by atoms with E-state index < -0.39 is 0 Å². The predicted octanol–water partition coefficient (Wildman–Crippen LogP) is 3.81. The lowest BCUT2D eigenvalue weighted by Gasteiger charge is -2.06. The van der Waals surface area contributed by atoms with Crippen LogP contribution in [-0.2, 0) is 0 Å². The maximum atomic E-state index is 12.2. The van der Waals surface area contributed by atoms with Crippen molar-refractivity contribution in [2.45, 2.75) is 0 Å². The third-order valence-corrected chi connectivity index (χ3v) is 4.07. The fraction of sp³-hybridized carbons (Fsp3) is 0. The molecule has 1 amide bonds. The van der Waals surface area contributed by atoms with Crippen LogP contribution in [0.3, 0.4) is 0 Å².